The van der Waals surface area contributed by atoms with Crippen molar-refractivity contribution in [3.8, 4) is 11.5 Å². The number of nitro benzene ring substituents is 2. The fourth-order valence-corrected chi connectivity index (χ4v) is 4.51. The van der Waals surface area contributed by atoms with Gasteiger partial charge >= 0.3 is 11.4 Å². The van der Waals surface area contributed by atoms with Crippen molar-refractivity contribution in [3.05, 3.63) is 78.9 Å². The zero-order chi connectivity index (χ0) is 29.4. The number of para-hydroxylation sites is 2. The first-order chi connectivity index (χ1) is 19.0. The molecule has 1 heterocycles. The third kappa shape index (κ3) is 7.36. The van der Waals surface area contributed by atoms with Crippen molar-refractivity contribution in [1.82, 2.24) is 9.80 Å². The maximum Gasteiger partial charge on any atom is 0.318 e. The number of hydrogen-bond donors (Lipinski definition) is 0. The first-order valence-corrected chi connectivity index (χ1v) is 12.6. The minimum Gasteiger partial charge on any atom is -0.490 e. The molecule has 0 aromatic heterocycles. The largest absolute Gasteiger partial charge is 0.490 e. The second-order valence-corrected chi connectivity index (χ2v) is 9.31. The molecule has 0 radical (unpaired) electrons. The predicted octanol–water partition coefficient (Wildman–Crippen LogP) is 3.78. The summed E-state index contributed by atoms with van der Waals surface area (Å²) in [6, 6.07) is 9.41. The van der Waals surface area contributed by atoms with Crippen LogP contribution in [0.5, 0.6) is 11.5 Å². The van der Waals surface area contributed by atoms with E-state index in [9.17, 15) is 29.8 Å². The number of carbonyl (C=O) groups excluding carboxylic acids is 2. The lowest BCUT2D eigenvalue weighted by atomic mass is 10.0. The highest BCUT2D eigenvalue weighted by molar-refractivity contribution is 5.99. The van der Waals surface area contributed by atoms with Gasteiger partial charge in [0.05, 0.1) is 35.2 Å². The number of Topliss-reactive ketones (excluding diaryl/α,β-unsaturated/α-hetero) is 2. The highest BCUT2D eigenvalue weighted by atomic mass is 16.6. The van der Waals surface area contributed by atoms with Crippen LogP contribution in [0.4, 0.5) is 11.4 Å². The van der Waals surface area contributed by atoms with E-state index in [0.717, 1.165) is 0 Å². The molecule has 3 rings (SSSR count). The Hall–Kier alpha value is -4.42. The Morgan fingerprint density at radius 2 is 1.10 bits per heavy atom. The van der Waals surface area contributed by atoms with Gasteiger partial charge in [0, 0.05) is 50.4 Å². The standard InChI is InChI=1S/C28H32N4O8/c1-19(33)23(15-21-7-5-9-25(39-3)27(21)31(35)36)17-29-11-13-30(14-12-29)18-24(20(2)34)16-22-8-6-10-26(40-4)28(22)32(37)38/h5-10,15-16H,11-14,17-18H2,1-4H3/b23-15+,24-16+. The Bertz CT molecular complexity index is 1260. The average molecular weight is 553 g/mol. The third-order valence-electron chi connectivity index (χ3n) is 6.68. The number of hydrogen-bond acceptors (Lipinski definition) is 10. The van der Waals surface area contributed by atoms with Gasteiger partial charge in [0.15, 0.2) is 23.1 Å². The molecular formula is C28H32N4O8. The van der Waals surface area contributed by atoms with Gasteiger partial charge in [0.1, 0.15) is 0 Å². The molecule has 2 aromatic rings. The number of nitrogens with zero attached hydrogens (tertiary/aromatic N) is 4. The van der Waals surface area contributed by atoms with E-state index in [0.29, 0.717) is 50.4 Å². The van der Waals surface area contributed by atoms with Crippen LogP contribution in [0.3, 0.4) is 0 Å². The van der Waals surface area contributed by atoms with Crippen LogP contribution < -0.4 is 9.47 Å². The fraction of sp³-hybridized carbons (Fsp3) is 0.357. The van der Waals surface area contributed by atoms with Gasteiger partial charge in [0.25, 0.3) is 0 Å². The van der Waals surface area contributed by atoms with Gasteiger partial charge in [-0.1, -0.05) is 12.1 Å². The SMILES string of the molecule is COc1cccc(/C=C(\CN2CCN(C/C(=C\c3cccc(OC)c3[N+](=O)[O-])C(C)=O)CC2)C(C)=O)c1[N+](=O)[O-]. The van der Waals surface area contributed by atoms with Gasteiger partial charge in [-0.2, -0.15) is 0 Å². The molecule has 1 aliphatic rings. The summed E-state index contributed by atoms with van der Waals surface area (Å²) >= 11 is 0. The minimum atomic E-state index is -0.526. The summed E-state index contributed by atoms with van der Waals surface area (Å²) in [5.74, 6) is -0.157. The summed E-state index contributed by atoms with van der Waals surface area (Å²) < 4.78 is 10.3. The van der Waals surface area contributed by atoms with Crippen molar-refractivity contribution >= 4 is 35.1 Å². The second-order valence-electron chi connectivity index (χ2n) is 9.31. The Balaban J connectivity index is 1.74. The first kappa shape index (κ1) is 30.1. The summed E-state index contributed by atoms with van der Waals surface area (Å²) in [7, 11) is 2.71. The summed E-state index contributed by atoms with van der Waals surface area (Å²) in [4.78, 5) is 51.2. The average Bonchev–Trinajstić information content (AvgIpc) is 2.92. The molecule has 0 amide bonds. The molecule has 0 aliphatic carbocycles. The normalized spacial score (nSPS) is 15.0. The van der Waals surface area contributed by atoms with Gasteiger partial charge in [0.2, 0.25) is 0 Å². The van der Waals surface area contributed by atoms with E-state index >= 15 is 0 Å². The fourth-order valence-electron chi connectivity index (χ4n) is 4.51. The molecule has 1 fully saturated rings. The zero-order valence-corrected chi connectivity index (χ0v) is 22.9. The molecule has 12 heteroatoms. The number of methoxy groups -OCH3 is 2. The van der Waals surface area contributed by atoms with E-state index < -0.39 is 9.85 Å². The van der Waals surface area contributed by atoms with Crippen molar-refractivity contribution in [2.75, 3.05) is 53.5 Å². The van der Waals surface area contributed by atoms with E-state index in [1.165, 1.54) is 52.4 Å². The number of benzene rings is 2. The molecular weight excluding hydrogens is 520 g/mol. The van der Waals surface area contributed by atoms with Gasteiger partial charge in [-0.25, -0.2) is 0 Å². The molecule has 0 spiro atoms. The maximum atomic E-state index is 12.4. The van der Waals surface area contributed by atoms with Gasteiger partial charge in [-0.15, -0.1) is 0 Å². The van der Waals surface area contributed by atoms with Crippen LogP contribution in [-0.4, -0.2) is 84.7 Å². The predicted molar refractivity (Wildman–Crippen MR) is 149 cm³/mol. The molecule has 1 saturated heterocycles. The number of rotatable bonds is 12. The first-order valence-electron chi connectivity index (χ1n) is 12.6. The monoisotopic (exact) mass is 552 g/mol. The van der Waals surface area contributed by atoms with Crippen LogP contribution in [0.15, 0.2) is 47.5 Å². The molecule has 40 heavy (non-hydrogen) atoms. The summed E-state index contributed by atoms with van der Waals surface area (Å²) in [5.41, 5.74) is 1.04. The number of piperazine rings is 1. The van der Waals surface area contributed by atoms with E-state index in [1.807, 2.05) is 0 Å². The molecule has 0 atom stereocenters. The van der Waals surface area contributed by atoms with E-state index in [1.54, 1.807) is 24.3 Å². The number of ketones is 2. The van der Waals surface area contributed by atoms with Crippen molar-refractivity contribution in [3.63, 3.8) is 0 Å². The Kier molecular flexibility index (Phi) is 10.2. The van der Waals surface area contributed by atoms with Gasteiger partial charge in [-0.05, 0) is 50.3 Å². The molecule has 0 bridgehead atoms. The number of carbonyl (C=O) groups is 2. The molecule has 0 unspecified atom stereocenters. The summed E-state index contributed by atoms with van der Waals surface area (Å²) in [6.45, 7) is 5.84. The highest BCUT2D eigenvalue weighted by Crippen LogP contribution is 2.33. The second kappa shape index (κ2) is 13.6. The molecule has 12 nitrogen and oxygen atoms in total. The van der Waals surface area contributed by atoms with Crippen molar-refractivity contribution in [2.45, 2.75) is 13.8 Å². The van der Waals surface area contributed by atoms with Crippen LogP contribution in [0.25, 0.3) is 12.2 Å². The van der Waals surface area contributed by atoms with Crippen molar-refractivity contribution < 1.29 is 28.9 Å². The topological polar surface area (TPSA) is 145 Å². The van der Waals surface area contributed by atoms with E-state index in [2.05, 4.69) is 9.80 Å². The summed E-state index contributed by atoms with van der Waals surface area (Å²) in [6.07, 6.45) is 3.07. The van der Waals surface area contributed by atoms with Crippen molar-refractivity contribution in [1.29, 1.82) is 0 Å². The van der Waals surface area contributed by atoms with E-state index in [4.69, 9.17) is 9.47 Å². The maximum absolute atomic E-state index is 12.4. The van der Waals surface area contributed by atoms with Crippen molar-refractivity contribution in [2.24, 2.45) is 0 Å². The molecule has 212 valence electrons. The highest BCUT2D eigenvalue weighted by Gasteiger charge is 2.24. The van der Waals surface area contributed by atoms with E-state index in [-0.39, 0.29) is 45.6 Å². The van der Waals surface area contributed by atoms with Crippen LogP contribution >= 0.6 is 0 Å². The number of nitro groups is 2. The lowest BCUT2D eigenvalue weighted by Gasteiger charge is -2.35. The molecule has 1 aliphatic heterocycles. The number of ether oxygens (including phenoxy) is 2. The molecule has 2 aromatic carbocycles. The Morgan fingerprint density at radius 3 is 1.38 bits per heavy atom. The lowest BCUT2D eigenvalue weighted by molar-refractivity contribution is -0.386. The zero-order valence-electron chi connectivity index (χ0n) is 22.9. The van der Waals surface area contributed by atoms with Crippen LogP contribution in [-0.2, 0) is 9.59 Å². The third-order valence-corrected chi connectivity index (χ3v) is 6.68. The van der Waals surface area contributed by atoms with Gasteiger partial charge < -0.3 is 9.47 Å². The summed E-state index contributed by atoms with van der Waals surface area (Å²) in [5, 5.41) is 23.3. The minimum absolute atomic E-state index is 0.115. The smallest absolute Gasteiger partial charge is 0.318 e. The lowest BCUT2D eigenvalue weighted by Crippen LogP contribution is -2.47. The van der Waals surface area contributed by atoms with Crippen LogP contribution in [0.1, 0.15) is 25.0 Å². The van der Waals surface area contributed by atoms with Crippen LogP contribution in [0.2, 0.25) is 0 Å². The van der Waals surface area contributed by atoms with Crippen LogP contribution in [0, 0.1) is 20.2 Å². The Labute approximate surface area is 231 Å². The Morgan fingerprint density at radius 1 is 0.750 bits per heavy atom. The molecule has 0 N–H and O–H groups in total. The molecule has 0 saturated carbocycles. The van der Waals surface area contributed by atoms with Gasteiger partial charge in [-0.3, -0.25) is 39.6 Å². The quantitative estimate of drug-likeness (QED) is 0.217.